The van der Waals surface area contributed by atoms with E-state index in [9.17, 15) is 4.79 Å². The highest BCUT2D eigenvalue weighted by molar-refractivity contribution is 5.93. The molecule has 2 rings (SSSR count). The summed E-state index contributed by atoms with van der Waals surface area (Å²) in [4.78, 5) is 22.8. The highest BCUT2D eigenvalue weighted by Crippen LogP contribution is 1.98. The smallest absolute Gasteiger partial charge is 0.251 e. The molecule has 0 saturated heterocycles. The zero-order valence-corrected chi connectivity index (χ0v) is 9.60. The minimum atomic E-state index is -0.0800. The highest BCUT2D eigenvalue weighted by atomic mass is 16.1. The summed E-state index contributed by atoms with van der Waals surface area (Å²) in [6, 6.07) is 3.38. The first-order valence-corrected chi connectivity index (χ1v) is 5.44. The molecule has 17 heavy (non-hydrogen) atoms. The van der Waals surface area contributed by atoms with Crippen LogP contribution in [-0.4, -0.2) is 27.4 Å². The van der Waals surface area contributed by atoms with Gasteiger partial charge in [-0.2, -0.15) is 0 Å². The Bertz CT molecular complexity index is 492. The third-order valence-corrected chi connectivity index (χ3v) is 2.38. The van der Waals surface area contributed by atoms with Crippen LogP contribution in [-0.2, 0) is 6.42 Å². The van der Waals surface area contributed by atoms with Gasteiger partial charge in [0, 0.05) is 42.8 Å². The number of pyridine rings is 1. The molecule has 0 bridgehead atoms. The molecular weight excluding hydrogens is 216 g/mol. The van der Waals surface area contributed by atoms with Crippen molar-refractivity contribution in [3.8, 4) is 0 Å². The SMILES string of the molecule is Cc1ncc(CCNC(=O)c2ccncc2)[nH]1. The maximum atomic E-state index is 11.7. The normalized spacial score (nSPS) is 10.2. The fraction of sp³-hybridized carbons (Fsp3) is 0.250. The monoisotopic (exact) mass is 230 g/mol. The molecule has 0 spiro atoms. The Morgan fingerprint density at radius 2 is 2.18 bits per heavy atom. The fourth-order valence-electron chi connectivity index (χ4n) is 1.51. The molecule has 0 aliphatic carbocycles. The van der Waals surface area contributed by atoms with Gasteiger partial charge in [0.05, 0.1) is 0 Å². The predicted octanol–water partition coefficient (Wildman–Crippen LogP) is 1.09. The van der Waals surface area contributed by atoms with E-state index in [2.05, 4.69) is 20.3 Å². The summed E-state index contributed by atoms with van der Waals surface area (Å²) < 4.78 is 0. The molecular formula is C12H14N4O. The van der Waals surface area contributed by atoms with Crippen molar-refractivity contribution in [3.63, 3.8) is 0 Å². The molecule has 1 amide bonds. The first-order valence-electron chi connectivity index (χ1n) is 5.44. The molecule has 2 aromatic rings. The van der Waals surface area contributed by atoms with Crippen LogP contribution in [0.5, 0.6) is 0 Å². The summed E-state index contributed by atoms with van der Waals surface area (Å²) in [6.07, 6.45) is 5.74. The molecule has 88 valence electrons. The van der Waals surface area contributed by atoms with Gasteiger partial charge in [0.25, 0.3) is 5.91 Å². The zero-order chi connectivity index (χ0) is 12.1. The number of carbonyl (C=O) groups is 1. The van der Waals surface area contributed by atoms with Gasteiger partial charge in [-0.05, 0) is 19.1 Å². The average molecular weight is 230 g/mol. The molecule has 0 atom stereocenters. The van der Waals surface area contributed by atoms with Crippen molar-refractivity contribution in [3.05, 3.63) is 47.8 Å². The highest BCUT2D eigenvalue weighted by Gasteiger charge is 2.04. The molecule has 0 aromatic carbocycles. The van der Waals surface area contributed by atoms with Crippen molar-refractivity contribution in [2.45, 2.75) is 13.3 Å². The van der Waals surface area contributed by atoms with E-state index in [4.69, 9.17) is 0 Å². The lowest BCUT2D eigenvalue weighted by molar-refractivity contribution is 0.0954. The van der Waals surface area contributed by atoms with Crippen LogP contribution in [0.2, 0.25) is 0 Å². The number of H-pyrrole nitrogens is 1. The maximum Gasteiger partial charge on any atom is 0.251 e. The second-order valence-electron chi connectivity index (χ2n) is 3.74. The average Bonchev–Trinajstić information content (AvgIpc) is 2.76. The minimum absolute atomic E-state index is 0.0800. The Hall–Kier alpha value is -2.17. The summed E-state index contributed by atoms with van der Waals surface area (Å²) in [5, 5.41) is 2.84. The zero-order valence-electron chi connectivity index (χ0n) is 9.60. The first-order chi connectivity index (χ1) is 8.25. The third kappa shape index (κ3) is 3.14. The van der Waals surface area contributed by atoms with Crippen molar-refractivity contribution in [2.24, 2.45) is 0 Å². The Morgan fingerprint density at radius 1 is 1.41 bits per heavy atom. The second-order valence-corrected chi connectivity index (χ2v) is 3.74. The largest absolute Gasteiger partial charge is 0.352 e. The molecule has 0 saturated carbocycles. The number of nitrogens with zero attached hydrogens (tertiary/aromatic N) is 2. The predicted molar refractivity (Wildman–Crippen MR) is 63.6 cm³/mol. The van der Waals surface area contributed by atoms with Crippen LogP contribution in [0.15, 0.2) is 30.7 Å². The van der Waals surface area contributed by atoms with Gasteiger partial charge in [-0.25, -0.2) is 4.98 Å². The van der Waals surface area contributed by atoms with Gasteiger partial charge in [-0.3, -0.25) is 9.78 Å². The first kappa shape index (κ1) is 11.3. The van der Waals surface area contributed by atoms with Crippen molar-refractivity contribution < 1.29 is 4.79 Å². The van der Waals surface area contributed by atoms with Crippen LogP contribution in [0, 0.1) is 6.92 Å². The van der Waals surface area contributed by atoms with Gasteiger partial charge in [-0.15, -0.1) is 0 Å². The summed E-state index contributed by atoms with van der Waals surface area (Å²) in [5.74, 6) is 0.809. The van der Waals surface area contributed by atoms with Gasteiger partial charge >= 0.3 is 0 Å². The molecule has 2 heterocycles. The summed E-state index contributed by atoms with van der Waals surface area (Å²) in [6.45, 7) is 2.49. The van der Waals surface area contributed by atoms with Gasteiger partial charge in [0.15, 0.2) is 0 Å². The van der Waals surface area contributed by atoms with E-state index in [-0.39, 0.29) is 5.91 Å². The van der Waals surface area contributed by atoms with Crippen LogP contribution in [0.4, 0.5) is 0 Å². The number of amides is 1. The van der Waals surface area contributed by atoms with Crippen LogP contribution in [0.3, 0.4) is 0 Å². The number of aryl methyl sites for hydroxylation is 1. The standard InChI is InChI=1S/C12H14N4O/c1-9-15-8-11(16-9)4-7-14-12(17)10-2-5-13-6-3-10/h2-3,5-6,8H,4,7H2,1H3,(H,14,17)(H,15,16). The molecule has 2 aromatic heterocycles. The lowest BCUT2D eigenvalue weighted by Gasteiger charge is -2.03. The van der Waals surface area contributed by atoms with E-state index < -0.39 is 0 Å². The molecule has 0 aliphatic heterocycles. The molecule has 5 heteroatoms. The van der Waals surface area contributed by atoms with Crippen LogP contribution in [0.1, 0.15) is 21.9 Å². The van der Waals surface area contributed by atoms with E-state index in [1.165, 1.54) is 0 Å². The number of imidazole rings is 1. The molecule has 2 N–H and O–H groups in total. The number of hydrogen-bond donors (Lipinski definition) is 2. The number of hydrogen-bond acceptors (Lipinski definition) is 3. The number of aromatic nitrogens is 3. The summed E-state index contributed by atoms with van der Waals surface area (Å²) >= 11 is 0. The maximum absolute atomic E-state index is 11.7. The Balaban J connectivity index is 1.81. The van der Waals surface area contributed by atoms with Gasteiger partial charge in [0.2, 0.25) is 0 Å². The van der Waals surface area contributed by atoms with Crippen molar-refractivity contribution >= 4 is 5.91 Å². The minimum Gasteiger partial charge on any atom is -0.352 e. The van der Waals surface area contributed by atoms with Crippen LogP contribution >= 0.6 is 0 Å². The number of carbonyl (C=O) groups excluding carboxylic acids is 1. The Kier molecular flexibility index (Phi) is 3.49. The third-order valence-electron chi connectivity index (χ3n) is 2.38. The lowest BCUT2D eigenvalue weighted by Crippen LogP contribution is -2.25. The van der Waals surface area contributed by atoms with Crippen LogP contribution in [0.25, 0.3) is 0 Å². The Morgan fingerprint density at radius 3 is 2.82 bits per heavy atom. The van der Waals surface area contributed by atoms with E-state index in [0.29, 0.717) is 12.1 Å². The molecule has 0 radical (unpaired) electrons. The topological polar surface area (TPSA) is 70.7 Å². The lowest BCUT2D eigenvalue weighted by atomic mass is 10.2. The number of aromatic amines is 1. The second kappa shape index (κ2) is 5.25. The van der Waals surface area contributed by atoms with Crippen molar-refractivity contribution in [1.82, 2.24) is 20.3 Å². The quantitative estimate of drug-likeness (QED) is 0.825. The van der Waals surface area contributed by atoms with Crippen molar-refractivity contribution in [1.29, 1.82) is 0 Å². The fourth-order valence-corrected chi connectivity index (χ4v) is 1.51. The van der Waals surface area contributed by atoms with Crippen LogP contribution < -0.4 is 5.32 Å². The summed E-state index contributed by atoms with van der Waals surface area (Å²) in [5.41, 5.74) is 1.65. The van der Waals surface area contributed by atoms with Gasteiger partial charge in [0.1, 0.15) is 5.82 Å². The van der Waals surface area contributed by atoms with E-state index in [1.54, 1.807) is 30.7 Å². The summed E-state index contributed by atoms with van der Waals surface area (Å²) in [7, 11) is 0. The molecule has 5 nitrogen and oxygen atoms in total. The van der Waals surface area contributed by atoms with Gasteiger partial charge in [-0.1, -0.05) is 0 Å². The van der Waals surface area contributed by atoms with E-state index in [1.807, 2.05) is 6.92 Å². The molecule has 0 unspecified atom stereocenters. The number of nitrogens with one attached hydrogen (secondary N) is 2. The van der Waals surface area contributed by atoms with E-state index >= 15 is 0 Å². The number of rotatable bonds is 4. The Labute approximate surface area is 99.3 Å². The van der Waals surface area contributed by atoms with E-state index in [0.717, 1.165) is 17.9 Å². The molecule has 0 fully saturated rings. The van der Waals surface area contributed by atoms with Crippen molar-refractivity contribution in [2.75, 3.05) is 6.54 Å². The van der Waals surface area contributed by atoms with Gasteiger partial charge < -0.3 is 10.3 Å². The molecule has 0 aliphatic rings.